The molecule has 0 aliphatic carbocycles. The average Bonchev–Trinajstić information content (AvgIpc) is 2.35. The smallest absolute Gasteiger partial charge is 0.250 e. The maximum atomic E-state index is 11.6. The highest BCUT2D eigenvalue weighted by Gasteiger charge is 1.96. The number of nitrogens with zero attached hydrogens (tertiary/aromatic N) is 1. The van der Waals surface area contributed by atoms with Crippen LogP contribution in [0.15, 0.2) is 23.1 Å². The van der Waals surface area contributed by atoms with Crippen LogP contribution in [0.1, 0.15) is 63.9 Å². The van der Waals surface area contributed by atoms with Crippen molar-refractivity contribution in [3.8, 4) is 0 Å². The topological polar surface area (TPSA) is 22.0 Å². The van der Waals surface area contributed by atoms with E-state index in [1.807, 2.05) is 23.8 Å². The number of hydrogen-bond acceptors (Lipinski definition) is 1. The van der Waals surface area contributed by atoms with E-state index in [1.165, 1.54) is 44.9 Å². The Kier molecular flexibility index (Phi) is 7.47. The summed E-state index contributed by atoms with van der Waals surface area (Å²) in [6.07, 6.45) is 12.4. The molecular formula is C16H27NO. The van der Waals surface area contributed by atoms with Gasteiger partial charge in [0.1, 0.15) is 0 Å². The van der Waals surface area contributed by atoms with Crippen LogP contribution < -0.4 is 5.56 Å². The molecule has 0 unspecified atom stereocenters. The van der Waals surface area contributed by atoms with Gasteiger partial charge in [-0.25, -0.2) is 0 Å². The molecule has 0 fully saturated rings. The van der Waals surface area contributed by atoms with E-state index in [4.69, 9.17) is 0 Å². The summed E-state index contributed by atoms with van der Waals surface area (Å²) in [5.41, 5.74) is 1.19. The zero-order valence-electron chi connectivity index (χ0n) is 12.0. The van der Waals surface area contributed by atoms with Gasteiger partial charge >= 0.3 is 0 Å². The van der Waals surface area contributed by atoms with E-state index in [2.05, 4.69) is 6.92 Å². The van der Waals surface area contributed by atoms with Gasteiger partial charge in [-0.05, 0) is 25.0 Å². The lowest BCUT2D eigenvalue weighted by atomic mass is 10.1. The Bertz CT molecular complexity index is 381. The van der Waals surface area contributed by atoms with Crippen molar-refractivity contribution in [2.24, 2.45) is 0 Å². The fourth-order valence-corrected chi connectivity index (χ4v) is 2.21. The lowest BCUT2D eigenvalue weighted by molar-refractivity contribution is 0.537. The van der Waals surface area contributed by atoms with E-state index in [-0.39, 0.29) is 5.56 Å². The van der Waals surface area contributed by atoms with Crippen molar-refractivity contribution in [3.05, 3.63) is 34.2 Å². The first kappa shape index (κ1) is 15.0. The number of aryl methyl sites for hydroxylation is 2. The molecule has 2 heteroatoms. The zero-order chi connectivity index (χ0) is 13.2. The molecular weight excluding hydrogens is 222 g/mol. The SMILES string of the molecule is CCCCCCCCCCn1ccc(C)cc1=O. The maximum absolute atomic E-state index is 11.6. The number of unbranched alkanes of at least 4 members (excludes halogenated alkanes) is 7. The van der Waals surface area contributed by atoms with Gasteiger partial charge in [-0.3, -0.25) is 4.79 Å². The van der Waals surface area contributed by atoms with Gasteiger partial charge in [-0.2, -0.15) is 0 Å². The average molecular weight is 249 g/mol. The second kappa shape index (κ2) is 8.96. The minimum absolute atomic E-state index is 0.137. The minimum atomic E-state index is 0.137. The Morgan fingerprint density at radius 1 is 1.00 bits per heavy atom. The highest BCUT2D eigenvalue weighted by atomic mass is 16.1. The Morgan fingerprint density at radius 2 is 1.61 bits per heavy atom. The van der Waals surface area contributed by atoms with Crippen LogP contribution in [0, 0.1) is 6.92 Å². The first-order valence-electron chi connectivity index (χ1n) is 7.41. The summed E-state index contributed by atoms with van der Waals surface area (Å²) in [5, 5.41) is 0. The molecule has 0 bridgehead atoms. The van der Waals surface area contributed by atoms with Crippen LogP contribution >= 0.6 is 0 Å². The highest BCUT2D eigenvalue weighted by molar-refractivity contribution is 5.07. The summed E-state index contributed by atoms with van der Waals surface area (Å²) in [4.78, 5) is 11.6. The second-order valence-corrected chi connectivity index (χ2v) is 5.21. The van der Waals surface area contributed by atoms with E-state index >= 15 is 0 Å². The largest absolute Gasteiger partial charge is 0.316 e. The number of pyridine rings is 1. The number of hydrogen-bond donors (Lipinski definition) is 0. The van der Waals surface area contributed by atoms with Crippen LogP contribution in [0.5, 0.6) is 0 Å². The summed E-state index contributed by atoms with van der Waals surface area (Å²) < 4.78 is 1.82. The van der Waals surface area contributed by atoms with E-state index in [9.17, 15) is 4.79 Å². The highest BCUT2D eigenvalue weighted by Crippen LogP contribution is 2.08. The Balaban J connectivity index is 2.09. The van der Waals surface area contributed by atoms with Gasteiger partial charge in [0.05, 0.1) is 0 Å². The fourth-order valence-electron chi connectivity index (χ4n) is 2.21. The van der Waals surface area contributed by atoms with E-state index in [0.29, 0.717) is 0 Å². The van der Waals surface area contributed by atoms with Crippen LogP contribution in [-0.2, 0) is 6.54 Å². The molecule has 1 aromatic heterocycles. The molecule has 0 amide bonds. The lowest BCUT2D eigenvalue weighted by Gasteiger charge is -2.05. The van der Waals surface area contributed by atoms with Crippen molar-refractivity contribution in [1.29, 1.82) is 0 Å². The Hall–Kier alpha value is -1.05. The van der Waals surface area contributed by atoms with E-state index in [1.54, 1.807) is 6.07 Å². The second-order valence-electron chi connectivity index (χ2n) is 5.21. The molecule has 0 atom stereocenters. The molecule has 1 heterocycles. The van der Waals surface area contributed by atoms with Crippen molar-refractivity contribution >= 4 is 0 Å². The molecule has 18 heavy (non-hydrogen) atoms. The van der Waals surface area contributed by atoms with Gasteiger partial charge in [0.15, 0.2) is 0 Å². The molecule has 0 spiro atoms. The van der Waals surface area contributed by atoms with Crippen molar-refractivity contribution in [3.63, 3.8) is 0 Å². The summed E-state index contributed by atoms with van der Waals surface area (Å²) in [7, 11) is 0. The molecule has 0 radical (unpaired) electrons. The van der Waals surface area contributed by atoms with Crippen LogP contribution in [0.3, 0.4) is 0 Å². The van der Waals surface area contributed by atoms with Crippen molar-refractivity contribution in [2.75, 3.05) is 0 Å². The molecule has 0 aliphatic rings. The van der Waals surface area contributed by atoms with Gasteiger partial charge in [-0.15, -0.1) is 0 Å². The summed E-state index contributed by atoms with van der Waals surface area (Å²) in [5.74, 6) is 0. The van der Waals surface area contributed by atoms with Gasteiger partial charge in [0.25, 0.3) is 5.56 Å². The third-order valence-corrected chi connectivity index (χ3v) is 3.40. The van der Waals surface area contributed by atoms with Crippen molar-refractivity contribution < 1.29 is 0 Å². The predicted molar refractivity (Wildman–Crippen MR) is 78.0 cm³/mol. The van der Waals surface area contributed by atoms with Gasteiger partial charge in [0, 0.05) is 18.8 Å². The van der Waals surface area contributed by atoms with Crippen LogP contribution in [0.25, 0.3) is 0 Å². The monoisotopic (exact) mass is 249 g/mol. The standard InChI is InChI=1S/C16H27NO/c1-3-4-5-6-7-8-9-10-12-17-13-11-15(2)14-16(17)18/h11,13-14H,3-10,12H2,1-2H3. The molecule has 102 valence electrons. The molecule has 0 saturated carbocycles. The minimum Gasteiger partial charge on any atom is -0.316 e. The molecule has 1 rings (SSSR count). The first-order valence-corrected chi connectivity index (χ1v) is 7.41. The van der Waals surface area contributed by atoms with Crippen LogP contribution in [0.2, 0.25) is 0 Å². The normalized spacial score (nSPS) is 10.8. The quantitative estimate of drug-likeness (QED) is 0.598. The molecule has 0 N–H and O–H groups in total. The molecule has 0 aliphatic heterocycles. The van der Waals surface area contributed by atoms with Gasteiger partial charge in [-0.1, -0.05) is 51.9 Å². The summed E-state index contributed by atoms with van der Waals surface area (Å²) >= 11 is 0. The first-order chi connectivity index (χ1) is 8.74. The van der Waals surface area contributed by atoms with E-state index < -0.39 is 0 Å². The molecule has 2 nitrogen and oxygen atoms in total. The summed E-state index contributed by atoms with van der Waals surface area (Å²) in [6, 6.07) is 3.72. The Labute approximate surface area is 111 Å². The van der Waals surface area contributed by atoms with Gasteiger partial charge < -0.3 is 4.57 Å². The fraction of sp³-hybridized carbons (Fsp3) is 0.688. The predicted octanol–water partition coefficient (Wildman–Crippen LogP) is 4.30. The third-order valence-electron chi connectivity index (χ3n) is 3.40. The van der Waals surface area contributed by atoms with Crippen molar-refractivity contribution in [2.45, 2.75) is 71.8 Å². The number of aromatic nitrogens is 1. The van der Waals surface area contributed by atoms with E-state index in [0.717, 1.165) is 18.5 Å². The maximum Gasteiger partial charge on any atom is 0.250 e. The van der Waals surface area contributed by atoms with Gasteiger partial charge in [0.2, 0.25) is 0 Å². The summed E-state index contributed by atoms with van der Waals surface area (Å²) in [6.45, 7) is 5.08. The molecule has 0 saturated heterocycles. The molecule has 1 aromatic rings. The Morgan fingerprint density at radius 3 is 2.22 bits per heavy atom. The number of rotatable bonds is 9. The van der Waals surface area contributed by atoms with Crippen molar-refractivity contribution in [1.82, 2.24) is 4.57 Å². The van der Waals surface area contributed by atoms with Crippen LogP contribution in [0.4, 0.5) is 0 Å². The molecule has 0 aromatic carbocycles. The lowest BCUT2D eigenvalue weighted by Crippen LogP contribution is -2.18. The van der Waals surface area contributed by atoms with Crippen LogP contribution in [-0.4, -0.2) is 4.57 Å². The third kappa shape index (κ3) is 6.04. The zero-order valence-corrected chi connectivity index (χ0v) is 12.0.